The SMILES string of the molecule is [B]C([B])([B])C([B])([B])n1nc(Cl)c2c1-c1cnc(NCOPO)c(c1)O[C@H](C)c1cc(F)ccc1/C(N)=C(/C=NC)C2. The molecule has 4 rings (SSSR count). The van der Waals surface area contributed by atoms with Crippen molar-refractivity contribution >= 4 is 77.6 Å². The molecule has 3 aromatic rings. The van der Waals surface area contributed by atoms with Gasteiger partial charge in [-0.2, -0.15) is 5.10 Å². The maximum Gasteiger partial charge on any atom is 0.170 e. The largest absolute Gasteiger partial charge is 0.482 e. The predicted octanol–water partition coefficient (Wildman–Crippen LogP) is 2.22. The van der Waals surface area contributed by atoms with Gasteiger partial charge in [0, 0.05) is 53.8 Å². The molecular weight excluding hydrogens is 560 g/mol. The summed E-state index contributed by atoms with van der Waals surface area (Å²) >= 11 is 6.67. The zero-order valence-electron chi connectivity index (χ0n) is 22.2. The average Bonchev–Trinajstić information content (AvgIpc) is 3.24. The molecule has 200 valence electrons. The molecular formula is C24H22B5ClFN6O3P. The summed E-state index contributed by atoms with van der Waals surface area (Å²) in [5.74, 6) is 0.00467. The van der Waals surface area contributed by atoms with Crippen molar-refractivity contribution in [1.29, 1.82) is 0 Å². The quantitative estimate of drug-likeness (QED) is 0.129. The molecule has 4 N–H and O–H groups in total. The molecule has 9 nitrogen and oxygen atoms in total. The van der Waals surface area contributed by atoms with E-state index in [1.165, 1.54) is 18.3 Å². The van der Waals surface area contributed by atoms with E-state index in [-0.39, 0.29) is 35.6 Å². The van der Waals surface area contributed by atoms with Crippen LogP contribution >= 0.6 is 20.6 Å². The highest BCUT2D eigenvalue weighted by atomic mass is 35.5. The van der Waals surface area contributed by atoms with Crippen LogP contribution in [0.4, 0.5) is 10.2 Å². The van der Waals surface area contributed by atoms with E-state index >= 15 is 0 Å². The molecule has 2 aromatic heterocycles. The number of hydrogen-bond acceptors (Lipinski definition) is 8. The molecule has 0 saturated heterocycles. The van der Waals surface area contributed by atoms with E-state index < -0.39 is 31.4 Å². The molecule has 2 bridgehead atoms. The summed E-state index contributed by atoms with van der Waals surface area (Å²) in [4.78, 5) is 17.7. The number of benzene rings is 1. The second kappa shape index (κ2) is 12.3. The van der Waals surface area contributed by atoms with E-state index in [1.807, 2.05) is 0 Å². The van der Waals surface area contributed by atoms with E-state index in [4.69, 9.17) is 70.7 Å². The van der Waals surface area contributed by atoms with Crippen LogP contribution in [0.1, 0.15) is 29.7 Å². The third-order valence-corrected chi connectivity index (χ3v) is 7.10. The zero-order valence-corrected chi connectivity index (χ0v) is 24.0. The van der Waals surface area contributed by atoms with Crippen molar-refractivity contribution < 1.29 is 18.5 Å². The van der Waals surface area contributed by atoms with Crippen molar-refractivity contribution in [2.24, 2.45) is 10.7 Å². The Bertz CT molecular complexity index is 1520. The summed E-state index contributed by atoms with van der Waals surface area (Å²) in [6, 6.07) is 5.82. The summed E-state index contributed by atoms with van der Waals surface area (Å²) in [5, 5.41) is 3.01. The van der Waals surface area contributed by atoms with Gasteiger partial charge in [0.05, 0.1) is 44.9 Å². The summed E-state index contributed by atoms with van der Waals surface area (Å²) in [7, 11) is 31.4. The smallest absolute Gasteiger partial charge is 0.170 e. The van der Waals surface area contributed by atoms with Gasteiger partial charge in [0.2, 0.25) is 0 Å². The van der Waals surface area contributed by atoms with Crippen LogP contribution in [-0.2, 0) is 16.3 Å². The Morgan fingerprint density at radius 1 is 1.34 bits per heavy atom. The number of halogens is 2. The lowest BCUT2D eigenvalue weighted by atomic mass is 9.26. The van der Waals surface area contributed by atoms with Gasteiger partial charge in [-0.25, -0.2) is 9.37 Å². The fourth-order valence-corrected chi connectivity index (χ4v) is 4.73. The van der Waals surface area contributed by atoms with Gasteiger partial charge in [-0.05, 0) is 42.1 Å². The summed E-state index contributed by atoms with van der Waals surface area (Å²) in [6.07, 6.45) is 2.41. The molecule has 0 spiro atoms. The maximum absolute atomic E-state index is 14.5. The van der Waals surface area contributed by atoms with Crippen molar-refractivity contribution in [3.63, 3.8) is 0 Å². The topological polar surface area (TPSA) is 120 Å². The van der Waals surface area contributed by atoms with Crippen molar-refractivity contribution in [3.05, 3.63) is 63.7 Å². The van der Waals surface area contributed by atoms with E-state index in [1.54, 1.807) is 32.3 Å². The number of nitrogens with zero attached hydrogens (tertiary/aromatic N) is 4. The molecule has 1 aliphatic rings. The standard InChI is InChI=1S/C24H22B5ClFN6O3P/c1-11-16-7-14(31)3-4-15(16)19(32)12(8-33-2)5-17-20(37(36-21(17)30)24(28,29)23(25,26)27)13-6-18(40-11)22(34-9-13)35-10-39-41-38/h3-4,6-9,11,38,41H,5,10,32H2,1-2H3,(H,34,35)/b19-12-,33-8?/t11-/m1/s1. The van der Waals surface area contributed by atoms with E-state index in [2.05, 4.69) is 20.4 Å². The van der Waals surface area contributed by atoms with Gasteiger partial charge < -0.3 is 25.2 Å². The first-order valence-corrected chi connectivity index (χ1v) is 13.4. The fraction of sp³-hybridized carbons (Fsp3) is 0.292. The highest BCUT2D eigenvalue weighted by molar-refractivity contribution is 7.24. The third-order valence-electron chi connectivity index (χ3n) is 6.52. The van der Waals surface area contributed by atoms with E-state index in [0.29, 0.717) is 33.5 Å². The molecule has 10 radical (unpaired) electrons. The molecule has 0 fully saturated rings. The monoisotopic (exact) mass is 582 g/mol. The average molecular weight is 582 g/mol. The molecule has 17 heteroatoms. The number of anilines is 1. The summed E-state index contributed by atoms with van der Waals surface area (Å²) in [5.41, 5.74) is 9.60. The van der Waals surface area contributed by atoms with Crippen molar-refractivity contribution in [3.8, 4) is 17.0 Å². The van der Waals surface area contributed by atoms with Crippen molar-refractivity contribution in [2.75, 3.05) is 19.1 Å². The Morgan fingerprint density at radius 3 is 2.73 bits per heavy atom. The first kappa shape index (κ1) is 31.2. The van der Waals surface area contributed by atoms with Crippen LogP contribution in [-0.4, -0.2) is 78.9 Å². The van der Waals surface area contributed by atoms with Crippen LogP contribution < -0.4 is 15.8 Å². The normalized spacial score (nSPS) is 18.0. The zero-order chi connectivity index (χ0) is 30.1. The van der Waals surface area contributed by atoms with Crippen LogP contribution in [0.3, 0.4) is 0 Å². The minimum atomic E-state index is -2.14. The Morgan fingerprint density at radius 2 is 2.07 bits per heavy atom. The van der Waals surface area contributed by atoms with E-state index in [9.17, 15) is 4.39 Å². The van der Waals surface area contributed by atoms with Crippen LogP contribution in [0.5, 0.6) is 5.75 Å². The van der Waals surface area contributed by atoms with Gasteiger partial charge in [-0.1, -0.05) is 11.6 Å². The second-order valence-electron chi connectivity index (χ2n) is 9.41. The first-order chi connectivity index (χ1) is 19.3. The first-order valence-electron chi connectivity index (χ1n) is 12.1. The number of pyridine rings is 1. The van der Waals surface area contributed by atoms with Gasteiger partial charge in [-0.15, -0.1) is 5.11 Å². The van der Waals surface area contributed by atoms with Gasteiger partial charge in [0.25, 0.3) is 0 Å². The van der Waals surface area contributed by atoms with Gasteiger partial charge in [0.15, 0.2) is 25.8 Å². The molecule has 1 aliphatic heterocycles. The highest BCUT2D eigenvalue weighted by Crippen LogP contribution is 2.42. The molecule has 1 unspecified atom stereocenters. The number of ether oxygens (including phenoxy) is 1. The molecule has 3 heterocycles. The number of fused-ring (bicyclic) bond motifs is 5. The van der Waals surface area contributed by atoms with Gasteiger partial charge >= 0.3 is 0 Å². The summed E-state index contributed by atoms with van der Waals surface area (Å²) < 4.78 is 26.9. The molecule has 41 heavy (non-hydrogen) atoms. The molecule has 1 aromatic carbocycles. The van der Waals surface area contributed by atoms with Crippen LogP contribution in [0.2, 0.25) is 10.3 Å². The number of allylic oxidation sites excluding steroid dienone is 1. The molecule has 0 saturated carbocycles. The number of nitrogens with two attached hydrogens (primary N) is 1. The Balaban J connectivity index is 2.08. The minimum Gasteiger partial charge on any atom is -0.482 e. The van der Waals surface area contributed by atoms with Gasteiger partial charge in [0.1, 0.15) is 18.7 Å². The number of nitrogens with one attached hydrogen (secondary N) is 1. The lowest BCUT2D eigenvalue weighted by Gasteiger charge is -2.43. The fourth-order valence-electron chi connectivity index (χ4n) is 4.36. The number of rotatable bonds is 7. The maximum atomic E-state index is 14.5. The molecule has 2 atom stereocenters. The number of aromatic nitrogens is 3. The minimum absolute atomic E-state index is 0.00564. The third kappa shape index (κ3) is 6.23. The lowest BCUT2D eigenvalue weighted by molar-refractivity contribution is 0.226. The number of hydrogen-bond donors (Lipinski definition) is 3. The van der Waals surface area contributed by atoms with E-state index in [0.717, 1.165) is 4.68 Å². The Labute approximate surface area is 250 Å². The lowest BCUT2D eigenvalue weighted by Crippen LogP contribution is -2.49. The summed E-state index contributed by atoms with van der Waals surface area (Å²) in [6.45, 7) is 1.66. The predicted molar refractivity (Wildman–Crippen MR) is 165 cm³/mol. The van der Waals surface area contributed by atoms with Crippen LogP contribution in [0.15, 0.2) is 41.0 Å². The van der Waals surface area contributed by atoms with Crippen molar-refractivity contribution in [2.45, 2.75) is 29.9 Å². The number of aliphatic imine (C=N–C) groups is 1. The van der Waals surface area contributed by atoms with Crippen molar-refractivity contribution in [1.82, 2.24) is 14.8 Å². The molecule has 0 aliphatic carbocycles. The van der Waals surface area contributed by atoms with Gasteiger partial charge in [-0.3, -0.25) is 9.67 Å². The van der Waals surface area contributed by atoms with Crippen LogP contribution in [0, 0.1) is 5.82 Å². The molecule has 0 amide bonds. The highest BCUT2D eigenvalue weighted by Gasteiger charge is 2.37. The van der Waals surface area contributed by atoms with Crippen LogP contribution in [0.25, 0.3) is 17.0 Å². The second-order valence-corrected chi connectivity index (χ2v) is 10.2. The Kier molecular flexibility index (Phi) is 9.33. The Hall–Kier alpha value is -2.72.